The Balaban J connectivity index is 2.05. The topological polar surface area (TPSA) is 87.1 Å². The zero-order chi connectivity index (χ0) is 17.5. The number of pyridine rings is 1. The monoisotopic (exact) mass is 334 g/mol. The minimum absolute atomic E-state index is 0.149. The van der Waals surface area contributed by atoms with Gasteiger partial charge in [-0.1, -0.05) is 6.92 Å². The zero-order valence-corrected chi connectivity index (χ0v) is 14.5. The fraction of sp³-hybridized carbons (Fsp3) is 0.588. The van der Waals surface area contributed by atoms with Crippen molar-refractivity contribution in [3.05, 3.63) is 30.1 Å². The van der Waals surface area contributed by atoms with Crippen LogP contribution in [-0.4, -0.2) is 60.2 Å². The Bertz CT molecular complexity index is 564. The van der Waals surface area contributed by atoms with E-state index in [1.165, 1.54) is 7.11 Å². The van der Waals surface area contributed by atoms with Gasteiger partial charge in [-0.05, 0) is 30.5 Å². The van der Waals surface area contributed by atoms with Gasteiger partial charge in [-0.3, -0.25) is 14.8 Å². The van der Waals surface area contributed by atoms with Crippen molar-refractivity contribution in [1.82, 2.24) is 15.2 Å². The largest absolute Gasteiger partial charge is 0.469 e. The van der Waals surface area contributed by atoms with Gasteiger partial charge in [0, 0.05) is 32.0 Å². The molecule has 24 heavy (non-hydrogen) atoms. The number of likely N-dealkylation sites (tertiary alicyclic amines) is 1. The van der Waals surface area contributed by atoms with E-state index in [4.69, 9.17) is 4.74 Å². The normalized spacial score (nSPS) is 22.3. The third kappa shape index (κ3) is 4.44. The van der Waals surface area contributed by atoms with Crippen molar-refractivity contribution in [1.29, 1.82) is 0 Å². The summed E-state index contributed by atoms with van der Waals surface area (Å²) in [5, 5.41) is 13.5. The van der Waals surface area contributed by atoms with Gasteiger partial charge >= 0.3 is 5.97 Å². The molecule has 0 aromatic carbocycles. The molecule has 0 aliphatic carbocycles. The van der Waals surface area contributed by atoms with Crippen LogP contribution in [0.5, 0.6) is 0 Å². The highest BCUT2D eigenvalue weighted by Crippen LogP contribution is 2.24. The molecule has 0 amide bonds. The molecular formula is C17H26N4O3. The van der Waals surface area contributed by atoms with Crippen LogP contribution in [0.15, 0.2) is 29.5 Å². The van der Waals surface area contributed by atoms with Gasteiger partial charge < -0.3 is 20.1 Å². The summed E-state index contributed by atoms with van der Waals surface area (Å²) in [4.78, 5) is 22.4. The molecule has 1 aromatic heterocycles. The van der Waals surface area contributed by atoms with Crippen LogP contribution in [0.1, 0.15) is 25.5 Å². The van der Waals surface area contributed by atoms with Crippen molar-refractivity contribution in [2.75, 3.05) is 33.3 Å². The maximum atomic E-state index is 11.8. The molecular weight excluding hydrogens is 308 g/mol. The standard InChI is InChI=1S/C17H26N4O3/c1-4-19-17(20-9-15(22)13-5-7-18-8-6-13)21-10-12(2)14(11-21)16(23)24-3/h5-8,12,14-15,22H,4,9-11H2,1-3H3,(H,19,20). The Kier molecular flexibility index (Phi) is 6.54. The van der Waals surface area contributed by atoms with Crippen LogP contribution in [0.2, 0.25) is 0 Å². The summed E-state index contributed by atoms with van der Waals surface area (Å²) in [6, 6.07) is 3.55. The van der Waals surface area contributed by atoms with Crippen LogP contribution >= 0.6 is 0 Å². The molecule has 0 radical (unpaired) electrons. The van der Waals surface area contributed by atoms with Gasteiger partial charge in [0.25, 0.3) is 0 Å². The molecule has 2 heterocycles. The molecule has 7 heteroatoms. The second-order valence-electron chi connectivity index (χ2n) is 6.00. The predicted octanol–water partition coefficient (Wildman–Crippen LogP) is 0.821. The highest BCUT2D eigenvalue weighted by atomic mass is 16.5. The second kappa shape index (κ2) is 8.63. The Morgan fingerprint density at radius 3 is 2.83 bits per heavy atom. The predicted molar refractivity (Wildman–Crippen MR) is 91.4 cm³/mol. The van der Waals surface area contributed by atoms with Crippen molar-refractivity contribution < 1.29 is 14.6 Å². The lowest BCUT2D eigenvalue weighted by atomic mass is 9.99. The van der Waals surface area contributed by atoms with Crippen molar-refractivity contribution in [2.45, 2.75) is 20.0 Å². The molecule has 7 nitrogen and oxygen atoms in total. The smallest absolute Gasteiger partial charge is 0.310 e. The molecule has 0 spiro atoms. The molecule has 3 atom stereocenters. The van der Waals surface area contributed by atoms with Crippen molar-refractivity contribution in [2.24, 2.45) is 16.8 Å². The van der Waals surface area contributed by atoms with Crippen molar-refractivity contribution in [3.63, 3.8) is 0 Å². The van der Waals surface area contributed by atoms with Gasteiger partial charge in [-0.2, -0.15) is 0 Å². The average Bonchev–Trinajstić information content (AvgIpc) is 3.00. The van der Waals surface area contributed by atoms with E-state index in [2.05, 4.69) is 20.2 Å². The maximum Gasteiger partial charge on any atom is 0.310 e. The first-order valence-corrected chi connectivity index (χ1v) is 8.25. The van der Waals surface area contributed by atoms with E-state index >= 15 is 0 Å². The van der Waals surface area contributed by atoms with E-state index < -0.39 is 6.10 Å². The maximum absolute atomic E-state index is 11.8. The molecule has 0 saturated carbocycles. The Labute approximate surface area is 142 Å². The number of aromatic nitrogens is 1. The Morgan fingerprint density at radius 1 is 1.50 bits per heavy atom. The van der Waals surface area contributed by atoms with Crippen molar-refractivity contribution >= 4 is 11.9 Å². The number of guanidine groups is 1. The molecule has 1 fully saturated rings. The van der Waals surface area contributed by atoms with E-state index in [1.54, 1.807) is 24.5 Å². The minimum Gasteiger partial charge on any atom is -0.469 e. The molecule has 1 aromatic rings. The van der Waals surface area contributed by atoms with E-state index in [1.807, 2.05) is 13.8 Å². The first-order chi connectivity index (χ1) is 11.6. The number of aliphatic hydroxyl groups excluding tert-OH is 1. The zero-order valence-electron chi connectivity index (χ0n) is 14.5. The number of nitrogens with one attached hydrogen (secondary N) is 1. The number of methoxy groups -OCH3 is 1. The van der Waals surface area contributed by atoms with E-state index in [0.29, 0.717) is 12.5 Å². The molecule has 1 saturated heterocycles. The molecule has 0 bridgehead atoms. The number of carbonyl (C=O) groups is 1. The summed E-state index contributed by atoms with van der Waals surface area (Å²) in [7, 11) is 1.42. The number of rotatable bonds is 5. The number of hydrogen-bond acceptors (Lipinski definition) is 5. The van der Waals surface area contributed by atoms with Gasteiger partial charge in [0.2, 0.25) is 0 Å². The first-order valence-electron chi connectivity index (χ1n) is 8.25. The summed E-state index contributed by atoms with van der Waals surface area (Å²) < 4.78 is 4.88. The molecule has 1 aliphatic rings. The number of nitrogens with zero attached hydrogens (tertiary/aromatic N) is 3. The number of esters is 1. The summed E-state index contributed by atoms with van der Waals surface area (Å²) in [5.41, 5.74) is 0.784. The van der Waals surface area contributed by atoms with Crippen molar-refractivity contribution in [3.8, 4) is 0 Å². The number of aliphatic imine (C=N–C) groups is 1. The SMILES string of the molecule is CCNC(=NCC(O)c1ccncc1)N1CC(C)C(C(=O)OC)C1. The van der Waals surface area contributed by atoms with Crippen LogP contribution < -0.4 is 5.32 Å². The Morgan fingerprint density at radius 2 is 2.21 bits per heavy atom. The summed E-state index contributed by atoms with van der Waals surface area (Å²) in [6.07, 6.45) is 2.62. The van der Waals surface area contributed by atoms with Crippen LogP contribution in [0, 0.1) is 11.8 Å². The molecule has 132 valence electrons. The molecule has 2 N–H and O–H groups in total. The quantitative estimate of drug-likeness (QED) is 0.471. The first kappa shape index (κ1) is 18.2. The molecule has 1 aliphatic heterocycles. The average molecular weight is 334 g/mol. The highest BCUT2D eigenvalue weighted by Gasteiger charge is 2.36. The fourth-order valence-corrected chi connectivity index (χ4v) is 2.89. The van der Waals surface area contributed by atoms with Gasteiger partial charge in [-0.15, -0.1) is 0 Å². The Hall–Kier alpha value is -2.15. The number of ether oxygens (including phenoxy) is 1. The van der Waals surface area contributed by atoms with Gasteiger partial charge in [-0.25, -0.2) is 0 Å². The van der Waals surface area contributed by atoms with E-state index in [-0.39, 0.29) is 24.3 Å². The van der Waals surface area contributed by atoms with Gasteiger partial charge in [0.05, 0.1) is 25.7 Å². The fourth-order valence-electron chi connectivity index (χ4n) is 2.89. The molecule has 3 unspecified atom stereocenters. The van der Waals surface area contributed by atoms with Gasteiger partial charge in [0.15, 0.2) is 5.96 Å². The summed E-state index contributed by atoms with van der Waals surface area (Å²) in [6.45, 7) is 6.31. The number of hydrogen-bond donors (Lipinski definition) is 2. The van der Waals surface area contributed by atoms with Gasteiger partial charge in [0.1, 0.15) is 0 Å². The number of aliphatic hydroxyl groups is 1. The lowest BCUT2D eigenvalue weighted by Crippen LogP contribution is -2.41. The third-order valence-corrected chi connectivity index (χ3v) is 4.26. The second-order valence-corrected chi connectivity index (χ2v) is 6.00. The summed E-state index contributed by atoms with van der Waals surface area (Å²) in [5.74, 6) is 0.580. The lowest BCUT2D eigenvalue weighted by Gasteiger charge is -2.22. The number of carbonyl (C=O) groups excluding carboxylic acids is 1. The van der Waals surface area contributed by atoms with E-state index in [0.717, 1.165) is 18.7 Å². The van der Waals surface area contributed by atoms with Crippen LogP contribution in [0.4, 0.5) is 0 Å². The van der Waals surface area contributed by atoms with Crippen LogP contribution in [0.25, 0.3) is 0 Å². The summed E-state index contributed by atoms with van der Waals surface area (Å²) >= 11 is 0. The third-order valence-electron chi connectivity index (χ3n) is 4.26. The van der Waals surface area contributed by atoms with Crippen LogP contribution in [-0.2, 0) is 9.53 Å². The van der Waals surface area contributed by atoms with Crippen LogP contribution in [0.3, 0.4) is 0 Å². The minimum atomic E-state index is -0.682. The van der Waals surface area contributed by atoms with E-state index in [9.17, 15) is 9.90 Å². The highest BCUT2D eigenvalue weighted by molar-refractivity contribution is 5.82. The lowest BCUT2D eigenvalue weighted by molar-refractivity contribution is -0.145. The molecule has 2 rings (SSSR count).